The highest BCUT2D eigenvalue weighted by molar-refractivity contribution is 5.98. The van der Waals surface area contributed by atoms with Gasteiger partial charge < -0.3 is 19.3 Å². The van der Waals surface area contributed by atoms with E-state index in [-0.39, 0.29) is 18.2 Å². The summed E-state index contributed by atoms with van der Waals surface area (Å²) in [7, 11) is 4.95. The molecule has 3 aromatic carbocycles. The number of rotatable bonds is 8. The van der Waals surface area contributed by atoms with Crippen LogP contribution in [0.1, 0.15) is 39.5 Å². The van der Waals surface area contributed by atoms with Gasteiger partial charge in [-0.2, -0.15) is 0 Å². The summed E-state index contributed by atoms with van der Waals surface area (Å²) in [5.41, 5.74) is 3.54. The Hall–Kier alpha value is -3.80. The maximum Gasteiger partial charge on any atom is 0.255 e. The SMILES string of the molecule is COc1ccc([C@@H](CC(=O)N(C)Cc2ccccc2)N2Cc3ccccc3C2=O)cc1OC. The summed E-state index contributed by atoms with van der Waals surface area (Å²) in [6, 6.07) is 22.6. The minimum absolute atomic E-state index is 0.0394. The highest BCUT2D eigenvalue weighted by Crippen LogP contribution is 2.37. The number of ether oxygens (including phenoxy) is 2. The van der Waals surface area contributed by atoms with Crippen LogP contribution in [0.25, 0.3) is 0 Å². The minimum atomic E-state index is -0.435. The molecule has 1 aliphatic heterocycles. The van der Waals surface area contributed by atoms with Gasteiger partial charge in [0.25, 0.3) is 5.91 Å². The molecule has 6 nitrogen and oxygen atoms in total. The maximum absolute atomic E-state index is 13.3. The molecule has 0 unspecified atom stereocenters. The lowest BCUT2D eigenvalue weighted by Gasteiger charge is -2.30. The van der Waals surface area contributed by atoms with Gasteiger partial charge in [-0.3, -0.25) is 9.59 Å². The van der Waals surface area contributed by atoms with Gasteiger partial charge in [-0.25, -0.2) is 0 Å². The van der Waals surface area contributed by atoms with Crippen LogP contribution in [0.3, 0.4) is 0 Å². The highest BCUT2D eigenvalue weighted by atomic mass is 16.5. The zero-order chi connectivity index (χ0) is 23.4. The van der Waals surface area contributed by atoms with Crippen LogP contribution >= 0.6 is 0 Å². The number of nitrogens with zero attached hydrogens (tertiary/aromatic N) is 2. The van der Waals surface area contributed by atoms with Gasteiger partial charge in [0.2, 0.25) is 5.91 Å². The maximum atomic E-state index is 13.3. The molecular formula is C27H28N2O4. The van der Waals surface area contributed by atoms with Crippen molar-refractivity contribution in [3.05, 3.63) is 95.1 Å². The number of carbonyl (C=O) groups is 2. The monoisotopic (exact) mass is 444 g/mol. The highest BCUT2D eigenvalue weighted by Gasteiger charge is 2.35. The van der Waals surface area contributed by atoms with E-state index in [1.165, 1.54) is 0 Å². The molecule has 3 aromatic rings. The zero-order valence-electron chi connectivity index (χ0n) is 19.2. The number of benzene rings is 3. The molecule has 6 heteroatoms. The average molecular weight is 445 g/mol. The molecule has 33 heavy (non-hydrogen) atoms. The number of carbonyl (C=O) groups excluding carboxylic acids is 2. The summed E-state index contributed by atoms with van der Waals surface area (Å²) in [6.07, 6.45) is 0.165. The van der Waals surface area contributed by atoms with Crippen molar-refractivity contribution in [2.75, 3.05) is 21.3 Å². The van der Waals surface area contributed by atoms with Crippen molar-refractivity contribution in [3.8, 4) is 11.5 Å². The third kappa shape index (κ3) is 4.70. The normalized spacial score (nSPS) is 13.4. The van der Waals surface area contributed by atoms with Gasteiger partial charge >= 0.3 is 0 Å². The first-order chi connectivity index (χ1) is 16.0. The smallest absolute Gasteiger partial charge is 0.255 e. The first-order valence-electron chi connectivity index (χ1n) is 10.9. The molecule has 0 spiro atoms. The number of amides is 2. The van der Waals surface area contributed by atoms with E-state index in [9.17, 15) is 9.59 Å². The van der Waals surface area contributed by atoms with Crippen molar-refractivity contribution in [1.29, 1.82) is 0 Å². The molecule has 0 bridgehead atoms. The van der Waals surface area contributed by atoms with Crippen LogP contribution in [0, 0.1) is 0 Å². The summed E-state index contributed by atoms with van der Waals surface area (Å²) in [4.78, 5) is 30.0. The second kappa shape index (κ2) is 9.77. The Morgan fingerprint density at radius 2 is 1.67 bits per heavy atom. The Kier molecular flexibility index (Phi) is 6.63. The fourth-order valence-corrected chi connectivity index (χ4v) is 4.26. The number of hydrogen-bond acceptors (Lipinski definition) is 4. The molecular weight excluding hydrogens is 416 g/mol. The molecule has 0 aliphatic carbocycles. The predicted octanol–water partition coefficient (Wildman–Crippen LogP) is 4.45. The second-order valence-electron chi connectivity index (χ2n) is 8.16. The van der Waals surface area contributed by atoms with Crippen molar-refractivity contribution in [3.63, 3.8) is 0 Å². The van der Waals surface area contributed by atoms with E-state index in [1.54, 1.807) is 31.1 Å². The Balaban J connectivity index is 1.63. The van der Waals surface area contributed by atoms with Crippen molar-refractivity contribution in [2.45, 2.75) is 25.6 Å². The first-order valence-corrected chi connectivity index (χ1v) is 10.9. The summed E-state index contributed by atoms with van der Waals surface area (Å²) >= 11 is 0. The largest absolute Gasteiger partial charge is 0.493 e. The third-order valence-electron chi connectivity index (χ3n) is 6.07. The van der Waals surface area contributed by atoms with E-state index in [4.69, 9.17) is 9.47 Å². The van der Waals surface area contributed by atoms with E-state index in [0.29, 0.717) is 30.2 Å². The van der Waals surface area contributed by atoms with Gasteiger partial charge in [-0.15, -0.1) is 0 Å². The molecule has 4 rings (SSSR count). The van der Waals surface area contributed by atoms with Gasteiger partial charge in [0, 0.05) is 25.7 Å². The summed E-state index contributed by atoms with van der Waals surface area (Å²) < 4.78 is 10.9. The van der Waals surface area contributed by atoms with Crippen molar-refractivity contribution < 1.29 is 19.1 Å². The van der Waals surface area contributed by atoms with E-state index in [0.717, 1.165) is 16.7 Å². The van der Waals surface area contributed by atoms with E-state index >= 15 is 0 Å². The second-order valence-corrected chi connectivity index (χ2v) is 8.16. The Labute approximate surface area is 194 Å². The molecule has 0 aromatic heterocycles. The van der Waals surface area contributed by atoms with Gasteiger partial charge in [-0.05, 0) is 34.9 Å². The fourth-order valence-electron chi connectivity index (χ4n) is 4.26. The Bertz CT molecular complexity index is 1150. The van der Waals surface area contributed by atoms with Crippen molar-refractivity contribution in [1.82, 2.24) is 9.80 Å². The van der Waals surface area contributed by atoms with Crippen LogP contribution in [0.5, 0.6) is 11.5 Å². The molecule has 1 atom stereocenters. The van der Waals surface area contributed by atoms with Crippen LogP contribution in [0.15, 0.2) is 72.8 Å². The van der Waals surface area contributed by atoms with E-state index in [1.807, 2.05) is 72.8 Å². The average Bonchev–Trinajstić information content (AvgIpc) is 3.18. The van der Waals surface area contributed by atoms with Crippen LogP contribution in [0.2, 0.25) is 0 Å². The Morgan fingerprint density at radius 3 is 2.36 bits per heavy atom. The first kappa shape index (κ1) is 22.4. The van der Waals surface area contributed by atoms with Crippen LogP contribution in [-0.4, -0.2) is 42.9 Å². The molecule has 0 saturated carbocycles. The lowest BCUT2D eigenvalue weighted by Crippen LogP contribution is -2.35. The quantitative estimate of drug-likeness (QED) is 0.515. The predicted molar refractivity (Wildman–Crippen MR) is 126 cm³/mol. The van der Waals surface area contributed by atoms with Gasteiger partial charge in [0.05, 0.1) is 26.7 Å². The lowest BCUT2D eigenvalue weighted by molar-refractivity contribution is -0.131. The number of hydrogen-bond donors (Lipinski definition) is 0. The van der Waals surface area contributed by atoms with Crippen molar-refractivity contribution in [2.24, 2.45) is 0 Å². The molecule has 1 aliphatic rings. The summed E-state index contributed by atoms with van der Waals surface area (Å²) in [6.45, 7) is 0.968. The molecule has 0 saturated heterocycles. The van der Waals surface area contributed by atoms with Gasteiger partial charge in [0.15, 0.2) is 11.5 Å². The topological polar surface area (TPSA) is 59.1 Å². The number of methoxy groups -OCH3 is 2. The van der Waals surface area contributed by atoms with E-state index < -0.39 is 6.04 Å². The van der Waals surface area contributed by atoms with Gasteiger partial charge in [0.1, 0.15) is 0 Å². The summed E-state index contributed by atoms with van der Waals surface area (Å²) in [5.74, 6) is 1.06. The standard InChI is InChI=1S/C27H28N2O4/c1-28(17-19-9-5-4-6-10-19)26(30)16-23(20-13-14-24(32-2)25(15-20)33-3)29-18-21-11-7-8-12-22(21)27(29)31/h4-15,23H,16-18H2,1-3H3/t23-/m1/s1. The molecule has 170 valence electrons. The minimum Gasteiger partial charge on any atom is -0.493 e. The van der Waals surface area contributed by atoms with Crippen LogP contribution in [0.4, 0.5) is 0 Å². The number of fused-ring (bicyclic) bond motifs is 1. The molecule has 0 radical (unpaired) electrons. The van der Waals surface area contributed by atoms with Gasteiger partial charge in [-0.1, -0.05) is 54.6 Å². The molecule has 2 amide bonds. The third-order valence-corrected chi connectivity index (χ3v) is 6.07. The summed E-state index contributed by atoms with van der Waals surface area (Å²) in [5, 5.41) is 0. The van der Waals surface area contributed by atoms with Crippen LogP contribution < -0.4 is 9.47 Å². The molecule has 0 fully saturated rings. The van der Waals surface area contributed by atoms with Crippen LogP contribution in [-0.2, 0) is 17.9 Å². The lowest BCUT2D eigenvalue weighted by atomic mass is 10.00. The molecule has 0 N–H and O–H groups in total. The Morgan fingerprint density at radius 1 is 0.970 bits per heavy atom. The molecule has 1 heterocycles. The zero-order valence-corrected chi connectivity index (χ0v) is 19.2. The van der Waals surface area contributed by atoms with Crippen molar-refractivity contribution >= 4 is 11.8 Å². The fraction of sp³-hybridized carbons (Fsp3) is 0.259. The van der Waals surface area contributed by atoms with E-state index in [2.05, 4.69) is 0 Å².